The second kappa shape index (κ2) is 10.1. The largest absolute Gasteiger partial charge is 0.497 e. The summed E-state index contributed by atoms with van der Waals surface area (Å²) in [6.07, 6.45) is 9.59. The zero-order chi connectivity index (χ0) is 19.8. The van der Waals surface area contributed by atoms with Crippen LogP contribution in [-0.2, 0) is 6.42 Å². The van der Waals surface area contributed by atoms with Crippen molar-refractivity contribution in [3.63, 3.8) is 0 Å². The Labute approximate surface area is 168 Å². The minimum atomic E-state index is 0.785. The van der Waals surface area contributed by atoms with Crippen LogP contribution in [0, 0.1) is 0 Å². The molecule has 0 aliphatic carbocycles. The first kappa shape index (κ1) is 20.1. The average Bonchev–Trinajstić information content (AvgIpc) is 2.75. The standard InChI is InChI=1S/C26H30O2/c1-3-4-5-6-7-9-14-21-17-22-18-23(28-2)15-16-24(22)25(19-27)26(21)20-12-10-8-11-13-20/h8,10-13,15-19H,3-7,9,14H2,1-2H3. The Morgan fingerprint density at radius 1 is 0.893 bits per heavy atom. The highest BCUT2D eigenvalue weighted by Gasteiger charge is 2.15. The smallest absolute Gasteiger partial charge is 0.151 e. The minimum absolute atomic E-state index is 0.785. The van der Waals surface area contributed by atoms with Gasteiger partial charge in [0.15, 0.2) is 6.29 Å². The van der Waals surface area contributed by atoms with Gasteiger partial charge in [-0.1, -0.05) is 75.4 Å². The molecule has 3 aromatic carbocycles. The molecule has 0 saturated heterocycles. The SMILES string of the molecule is CCCCCCCCc1cc2cc(OC)ccc2c(C=O)c1-c1ccccc1. The maximum Gasteiger partial charge on any atom is 0.151 e. The van der Waals surface area contributed by atoms with Crippen LogP contribution in [0.15, 0.2) is 54.6 Å². The summed E-state index contributed by atoms with van der Waals surface area (Å²) < 4.78 is 5.40. The van der Waals surface area contributed by atoms with E-state index in [1.807, 2.05) is 36.4 Å². The van der Waals surface area contributed by atoms with Gasteiger partial charge in [-0.25, -0.2) is 0 Å². The molecule has 2 heteroatoms. The third kappa shape index (κ3) is 4.62. The van der Waals surface area contributed by atoms with E-state index in [2.05, 4.69) is 25.1 Å². The number of carbonyl (C=O) groups excluding carboxylic acids is 1. The van der Waals surface area contributed by atoms with Crippen molar-refractivity contribution in [3.8, 4) is 16.9 Å². The summed E-state index contributed by atoms with van der Waals surface area (Å²) in [6.45, 7) is 2.25. The highest BCUT2D eigenvalue weighted by molar-refractivity contribution is 6.06. The second-order valence-electron chi connectivity index (χ2n) is 7.41. The summed E-state index contributed by atoms with van der Waals surface area (Å²) in [5.41, 5.74) is 4.24. The average molecular weight is 375 g/mol. The Morgan fingerprint density at radius 2 is 1.64 bits per heavy atom. The van der Waals surface area contributed by atoms with Gasteiger partial charge in [0.1, 0.15) is 5.75 Å². The van der Waals surface area contributed by atoms with Crippen LogP contribution < -0.4 is 4.74 Å². The van der Waals surface area contributed by atoms with Crippen LogP contribution in [0.5, 0.6) is 5.75 Å². The minimum Gasteiger partial charge on any atom is -0.497 e. The number of hydrogen-bond acceptors (Lipinski definition) is 2. The van der Waals surface area contributed by atoms with E-state index in [0.717, 1.165) is 52.3 Å². The molecule has 0 aromatic heterocycles. The molecule has 3 aromatic rings. The van der Waals surface area contributed by atoms with Gasteiger partial charge in [0.25, 0.3) is 0 Å². The molecule has 2 nitrogen and oxygen atoms in total. The lowest BCUT2D eigenvalue weighted by Crippen LogP contribution is -1.98. The summed E-state index contributed by atoms with van der Waals surface area (Å²) in [7, 11) is 1.68. The Bertz CT molecular complexity index is 913. The van der Waals surface area contributed by atoms with Gasteiger partial charge >= 0.3 is 0 Å². The number of methoxy groups -OCH3 is 1. The number of fused-ring (bicyclic) bond motifs is 1. The van der Waals surface area contributed by atoms with Gasteiger partial charge < -0.3 is 4.74 Å². The summed E-state index contributed by atoms with van der Waals surface area (Å²) in [5.74, 6) is 0.822. The first-order valence-electron chi connectivity index (χ1n) is 10.4. The molecule has 0 saturated carbocycles. The van der Waals surface area contributed by atoms with Crippen LogP contribution in [0.3, 0.4) is 0 Å². The molecule has 0 aliphatic rings. The van der Waals surface area contributed by atoms with Crippen molar-refractivity contribution in [1.82, 2.24) is 0 Å². The monoisotopic (exact) mass is 374 g/mol. The fourth-order valence-corrected chi connectivity index (χ4v) is 3.96. The molecular weight excluding hydrogens is 344 g/mol. The molecule has 0 amide bonds. The van der Waals surface area contributed by atoms with Gasteiger partial charge in [0, 0.05) is 5.56 Å². The van der Waals surface area contributed by atoms with E-state index in [0.29, 0.717) is 0 Å². The van der Waals surface area contributed by atoms with Crippen molar-refractivity contribution in [1.29, 1.82) is 0 Å². The molecule has 28 heavy (non-hydrogen) atoms. The van der Waals surface area contributed by atoms with Crippen LogP contribution in [-0.4, -0.2) is 13.4 Å². The van der Waals surface area contributed by atoms with Crippen molar-refractivity contribution < 1.29 is 9.53 Å². The molecule has 0 bridgehead atoms. The summed E-state index contributed by atoms with van der Waals surface area (Å²) in [4.78, 5) is 12.1. The second-order valence-corrected chi connectivity index (χ2v) is 7.41. The fraction of sp³-hybridized carbons (Fsp3) is 0.346. The van der Waals surface area contributed by atoms with Crippen molar-refractivity contribution in [2.45, 2.75) is 51.9 Å². The normalized spacial score (nSPS) is 10.9. The topological polar surface area (TPSA) is 26.3 Å². The number of benzene rings is 3. The molecule has 0 unspecified atom stereocenters. The zero-order valence-corrected chi connectivity index (χ0v) is 17.0. The van der Waals surface area contributed by atoms with E-state index in [1.165, 1.54) is 37.7 Å². The van der Waals surface area contributed by atoms with Crippen LogP contribution >= 0.6 is 0 Å². The predicted octanol–water partition coefficient (Wildman–Crippen LogP) is 7.23. The molecule has 0 spiro atoms. The molecule has 0 aliphatic heterocycles. The number of ether oxygens (including phenoxy) is 1. The van der Waals surface area contributed by atoms with E-state index >= 15 is 0 Å². The van der Waals surface area contributed by atoms with Crippen molar-refractivity contribution >= 4 is 17.1 Å². The molecule has 0 atom stereocenters. The Morgan fingerprint density at radius 3 is 2.36 bits per heavy atom. The predicted molar refractivity (Wildman–Crippen MR) is 118 cm³/mol. The lowest BCUT2D eigenvalue weighted by Gasteiger charge is -2.16. The first-order chi connectivity index (χ1) is 13.8. The van der Waals surface area contributed by atoms with Gasteiger partial charge in [0.05, 0.1) is 7.11 Å². The van der Waals surface area contributed by atoms with Crippen molar-refractivity contribution in [2.24, 2.45) is 0 Å². The van der Waals surface area contributed by atoms with Crippen LogP contribution in [0.2, 0.25) is 0 Å². The number of aldehydes is 1. The maximum absolute atomic E-state index is 12.1. The number of carbonyl (C=O) groups is 1. The maximum atomic E-state index is 12.1. The summed E-state index contributed by atoms with van der Waals surface area (Å²) in [6, 6.07) is 18.5. The number of unbranched alkanes of at least 4 members (excludes halogenated alkanes) is 5. The van der Waals surface area contributed by atoms with E-state index in [-0.39, 0.29) is 0 Å². The van der Waals surface area contributed by atoms with E-state index in [9.17, 15) is 4.79 Å². The van der Waals surface area contributed by atoms with Gasteiger partial charge in [-0.2, -0.15) is 0 Å². The van der Waals surface area contributed by atoms with E-state index < -0.39 is 0 Å². The van der Waals surface area contributed by atoms with Crippen LogP contribution in [0.4, 0.5) is 0 Å². The fourth-order valence-electron chi connectivity index (χ4n) is 3.96. The highest BCUT2D eigenvalue weighted by Crippen LogP contribution is 2.35. The first-order valence-corrected chi connectivity index (χ1v) is 10.4. The van der Waals surface area contributed by atoms with Crippen molar-refractivity contribution in [3.05, 3.63) is 65.7 Å². The Kier molecular flexibility index (Phi) is 7.25. The molecule has 0 fully saturated rings. The number of hydrogen-bond donors (Lipinski definition) is 0. The number of aryl methyl sites for hydroxylation is 1. The molecular formula is C26H30O2. The summed E-state index contributed by atoms with van der Waals surface area (Å²) >= 11 is 0. The zero-order valence-electron chi connectivity index (χ0n) is 17.0. The molecule has 0 heterocycles. The van der Waals surface area contributed by atoms with Crippen LogP contribution in [0.1, 0.15) is 61.4 Å². The third-order valence-corrected chi connectivity index (χ3v) is 5.45. The lowest BCUT2D eigenvalue weighted by atomic mass is 9.88. The number of rotatable bonds is 10. The van der Waals surface area contributed by atoms with Gasteiger partial charge in [0.2, 0.25) is 0 Å². The molecule has 3 rings (SSSR count). The van der Waals surface area contributed by atoms with Gasteiger partial charge in [-0.05, 0) is 58.5 Å². The summed E-state index contributed by atoms with van der Waals surface area (Å²) in [5, 5.41) is 2.06. The highest BCUT2D eigenvalue weighted by atomic mass is 16.5. The third-order valence-electron chi connectivity index (χ3n) is 5.45. The van der Waals surface area contributed by atoms with Crippen molar-refractivity contribution in [2.75, 3.05) is 7.11 Å². The van der Waals surface area contributed by atoms with E-state index in [1.54, 1.807) is 7.11 Å². The quantitative estimate of drug-likeness (QED) is 0.276. The van der Waals surface area contributed by atoms with Gasteiger partial charge in [-0.15, -0.1) is 0 Å². The van der Waals surface area contributed by atoms with Crippen LogP contribution in [0.25, 0.3) is 21.9 Å². The Balaban J connectivity index is 2.01. The van der Waals surface area contributed by atoms with E-state index in [4.69, 9.17) is 4.74 Å². The molecule has 146 valence electrons. The van der Waals surface area contributed by atoms with Gasteiger partial charge in [-0.3, -0.25) is 4.79 Å². The molecule has 0 radical (unpaired) electrons. The molecule has 0 N–H and O–H groups in total. The lowest BCUT2D eigenvalue weighted by molar-refractivity contribution is 0.112. The Hall–Kier alpha value is -2.61.